The van der Waals surface area contributed by atoms with Gasteiger partial charge in [-0.05, 0) is 35.9 Å². The lowest BCUT2D eigenvalue weighted by atomic mass is 10.2. The molecular weight excluding hydrogens is 302 g/mol. The van der Waals surface area contributed by atoms with Gasteiger partial charge in [0.05, 0.1) is 0 Å². The van der Waals surface area contributed by atoms with E-state index in [-0.39, 0.29) is 5.75 Å². The number of phenols is 1. The van der Waals surface area contributed by atoms with Gasteiger partial charge in [0, 0.05) is 24.2 Å². The number of anilines is 1. The van der Waals surface area contributed by atoms with Gasteiger partial charge >= 0.3 is 6.01 Å². The quantitative estimate of drug-likeness (QED) is 0.794. The summed E-state index contributed by atoms with van der Waals surface area (Å²) in [7, 11) is 1.85. The third-order valence-electron chi connectivity index (χ3n) is 3.14. The van der Waals surface area contributed by atoms with Crippen molar-refractivity contribution in [1.29, 1.82) is 0 Å². The van der Waals surface area contributed by atoms with Crippen molar-refractivity contribution in [2.24, 2.45) is 0 Å². The van der Waals surface area contributed by atoms with Crippen molar-refractivity contribution in [2.45, 2.75) is 6.54 Å². The fraction of sp³-hybridized carbons (Fsp3) is 0.125. The fourth-order valence-corrected chi connectivity index (χ4v) is 2.29. The van der Waals surface area contributed by atoms with Crippen molar-refractivity contribution in [3.05, 3.63) is 59.1 Å². The second-order valence-electron chi connectivity index (χ2n) is 4.93. The molecule has 0 fully saturated rings. The minimum Gasteiger partial charge on any atom is -0.508 e. The summed E-state index contributed by atoms with van der Waals surface area (Å²) in [5.74, 6) is 0.649. The molecule has 1 heterocycles. The molecule has 0 saturated heterocycles. The van der Waals surface area contributed by atoms with Crippen LogP contribution in [-0.4, -0.2) is 22.4 Å². The molecule has 6 heteroatoms. The van der Waals surface area contributed by atoms with Crippen molar-refractivity contribution in [3.63, 3.8) is 0 Å². The van der Waals surface area contributed by atoms with Gasteiger partial charge in [-0.1, -0.05) is 34.9 Å². The molecular formula is C16H14ClN3O2. The van der Waals surface area contributed by atoms with Crippen molar-refractivity contribution < 1.29 is 9.52 Å². The van der Waals surface area contributed by atoms with E-state index in [2.05, 4.69) is 10.2 Å². The highest BCUT2D eigenvalue weighted by molar-refractivity contribution is 6.30. The lowest BCUT2D eigenvalue weighted by Crippen LogP contribution is -2.16. The predicted molar refractivity (Wildman–Crippen MR) is 85.0 cm³/mol. The van der Waals surface area contributed by atoms with Crippen molar-refractivity contribution in [3.8, 4) is 17.2 Å². The van der Waals surface area contributed by atoms with Crippen LogP contribution in [0, 0.1) is 0 Å². The molecule has 5 nitrogen and oxygen atoms in total. The van der Waals surface area contributed by atoms with Gasteiger partial charge in [0.2, 0.25) is 5.89 Å². The smallest absolute Gasteiger partial charge is 0.318 e. The molecule has 3 rings (SSSR count). The molecule has 0 spiro atoms. The molecule has 0 amide bonds. The Hall–Kier alpha value is -2.53. The largest absolute Gasteiger partial charge is 0.508 e. The van der Waals surface area contributed by atoms with Crippen LogP contribution in [0.3, 0.4) is 0 Å². The third-order valence-corrected chi connectivity index (χ3v) is 3.38. The fourth-order valence-electron chi connectivity index (χ4n) is 2.10. The van der Waals surface area contributed by atoms with E-state index in [1.54, 1.807) is 30.3 Å². The minimum atomic E-state index is 0.232. The highest BCUT2D eigenvalue weighted by atomic mass is 35.5. The Morgan fingerprint density at radius 1 is 1.14 bits per heavy atom. The molecule has 0 atom stereocenters. The lowest BCUT2D eigenvalue weighted by molar-refractivity contribution is 0.474. The van der Waals surface area contributed by atoms with Crippen LogP contribution in [0.15, 0.2) is 52.9 Å². The molecule has 22 heavy (non-hydrogen) atoms. The van der Waals surface area contributed by atoms with E-state index in [4.69, 9.17) is 16.0 Å². The summed E-state index contributed by atoms with van der Waals surface area (Å²) < 4.78 is 5.67. The molecule has 1 N–H and O–H groups in total. The average molecular weight is 316 g/mol. The Morgan fingerprint density at radius 2 is 1.95 bits per heavy atom. The Bertz CT molecular complexity index is 788. The molecule has 0 unspecified atom stereocenters. The zero-order valence-electron chi connectivity index (χ0n) is 11.9. The number of hydrogen-bond acceptors (Lipinski definition) is 5. The second-order valence-corrected chi connectivity index (χ2v) is 5.36. The molecule has 3 aromatic rings. The van der Waals surface area contributed by atoms with E-state index in [0.717, 1.165) is 11.1 Å². The summed E-state index contributed by atoms with van der Waals surface area (Å²) >= 11 is 5.96. The van der Waals surface area contributed by atoms with E-state index in [1.807, 2.05) is 30.1 Å². The lowest BCUT2D eigenvalue weighted by Gasteiger charge is -2.13. The topological polar surface area (TPSA) is 62.4 Å². The number of nitrogens with zero attached hydrogens (tertiary/aromatic N) is 3. The predicted octanol–water partition coefficient (Wildman–Crippen LogP) is 3.73. The van der Waals surface area contributed by atoms with Crippen LogP contribution < -0.4 is 4.90 Å². The van der Waals surface area contributed by atoms with Crippen LogP contribution in [0.2, 0.25) is 5.02 Å². The SMILES string of the molecule is CN(Cc1cccc(O)c1)c1nnc(-c2cccc(Cl)c2)o1. The normalized spacial score (nSPS) is 10.6. The van der Waals surface area contributed by atoms with Gasteiger partial charge in [-0.15, -0.1) is 5.10 Å². The van der Waals surface area contributed by atoms with Crippen LogP contribution in [-0.2, 0) is 6.54 Å². The first kappa shape index (κ1) is 14.4. The average Bonchev–Trinajstić information content (AvgIpc) is 2.97. The first-order chi connectivity index (χ1) is 10.6. The highest BCUT2D eigenvalue weighted by Crippen LogP contribution is 2.24. The van der Waals surface area contributed by atoms with Gasteiger partial charge in [0.25, 0.3) is 0 Å². The summed E-state index contributed by atoms with van der Waals surface area (Å²) in [5.41, 5.74) is 1.72. The molecule has 0 aliphatic heterocycles. The van der Waals surface area contributed by atoms with E-state index in [0.29, 0.717) is 23.5 Å². The summed E-state index contributed by atoms with van der Waals surface area (Å²) in [6.07, 6.45) is 0. The second kappa shape index (κ2) is 6.07. The van der Waals surface area contributed by atoms with Crippen molar-refractivity contribution >= 4 is 17.6 Å². The summed E-state index contributed by atoms with van der Waals surface area (Å²) in [6, 6.07) is 14.7. The van der Waals surface area contributed by atoms with Crippen LogP contribution >= 0.6 is 11.6 Å². The standard InChI is InChI=1S/C16H14ClN3O2/c1-20(10-11-4-2-7-14(21)8-11)16-19-18-15(22-16)12-5-3-6-13(17)9-12/h2-9,21H,10H2,1H3. The third kappa shape index (κ3) is 3.20. The number of aromatic hydroxyl groups is 1. The van der Waals surface area contributed by atoms with Gasteiger partial charge < -0.3 is 14.4 Å². The molecule has 0 saturated carbocycles. The summed E-state index contributed by atoms with van der Waals surface area (Å²) in [6.45, 7) is 0.547. The molecule has 0 bridgehead atoms. The van der Waals surface area contributed by atoms with Crippen LogP contribution in [0.4, 0.5) is 6.01 Å². The molecule has 1 aromatic heterocycles. The maximum absolute atomic E-state index is 9.49. The van der Waals surface area contributed by atoms with Gasteiger partial charge in [0.1, 0.15) is 5.75 Å². The van der Waals surface area contributed by atoms with Gasteiger partial charge in [-0.2, -0.15) is 0 Å². The van der Waals surface area contributed by atoms with Gasteiger partial charge in [-0.25, -0.2) is 0 Å². The van der Waals surface area contributed by atoms with Crippen LogP contribution in [0.25, 0.3) is 11.5 Å². The van der Waals surface area contributed by atoms with E-state index in [1.165, 1.54) is 0 Å². The molecule has 0 aliphatic rings. The Labute approximate surface area is 132 Å². The Morgan fingerprint density at radius 3 is 2.73 bits per heavy atom. The number of aromatic nitrogens is 2. The van der Waals surface area contributed by atoms with Gasteiger partial charge in [0.15, 0.2) is 0 Å². The van der Waals surface area contributed by atoms with E-state index in [9.17, 15) is 5.11 Å². The Kier molecular flexibility index (Phi) is 3.98. The van der Waals surface area contributed by atoms with Crippen LogP contribution in [0.1, 0.15) is 5.56 Å². The highest BCUT2D eigenvalue weighted by Gasteiger charge is 2.13. The maximum Gasteiger partial charge on any atom is 0.318 e. The number of rotatable bonds is 4. The zero-order valence-corrected chi connectivity index (χ0v) is 12.7. The monoisotopic (exact) mass is 315 g/mol. The number of phenolic OH excluding ortho intramolecular Hbond substituents is 1. The van der Waals surface area contributed by atoms with Crippen molar-refractivity contribution in [2.75, 3.05) is 11.9 Å². The first-order valence-electron chi connectivity index (χ1n) is 6.70. The molecule has 0 aliphatic carbocycles. The number of hydrogen-bond donors (Lipinski definition) is 1. The van der Waals surface area contributed by atoms with E-state index >= 15 is 0 Å². The Balaban J connectivity index is 1.78. The summed E-state index contributed by atoms with van der Waals surface area (Å²) in [5, 5.41) is 18.2. The maximum atomic E-state index is 9.49. The number of halogens is 1. The van der Waals surface area contributed by atoms with E-state index < -0.39 is 0 Å². The molecule has 112 valence electrons. The van der Waals surface area contributed by atoms with Gasteiger partial charge in [-0.3, -0.25) is 0 Å². The zero-order chi connectivity index (χ0) is 15.5. The summed E-state index contributed by atoms with van der Waals surface area (Å²) in [4.78, 5) is 1.82. The molecule has 2 aromatic carbocycles. The molecule has 0 radical (unpaired) electrons. The number of benzene rings is 2. The minimum absolute atomic E-state index is 0.232. The first-order valence-corrected chi connectivity index (χ1v) is 7.08. The van der Waals surface area contributed by atoms with Crippen LogP contribution in [0.5, 0.6) is 5.75 Å². The van der Waals surface area contributed by atoms with Crippen molar-refractivity contribution in [1.82, 2.24) is 10.2 Å².